The van der Waals surface area contributed by atoms with Crippen molar-refractivity contribution >= 4 is 48.7 Å². The van der Waals surface area contributed by atoms with Crippen LogP contribution in [0, 0.1) is 17.0 Å². The number of anilines is 1. The Kier molecular flexibility index (Phi) is 4.11. The lowest BCUT2D eigenvalue weighted by Gasteiger charge is -2.06. The minimum atomic E-state index is -3.84. The fraction of sp³-hybridized carbons (Fsp3) is 0.0909. The molecule has 0 radical (unpaired) electrons. The van der Waals surface area contributed by atoms with Gasteiger partial charge in [0.15, 0.2) is 0 Å². The predicted molar refractivity (Wildman–Crippen MR) is 80.7 cm³/mol. The second-order valence-corrected chi connectivity index (χ2v) is 8.18. The number of halogens is 1. The van der Waals surface area contributed by atoms with E-state index in [4.69, 9.17) is 0 Å². The quantitative estimate of drug-likeness (QED) is 0.652. The number of nitro groups is 1. The van der Waals surface area contributed by atoms with Crippen molar-refractivity contribution in [3.05, 3.63) is 49.8 Å². The number of para-hydroxylation sites is 2. The normalized spacial score (nSPS) is 11.3. The second-order valence-electron chi connectivity index (χ2n) is 3.90. The summed E-state index contributed by atoms with van der Waals surface area (Å²) in [6.45, 7) is 1.77. The molecule has 1 N–H and O–H groups in total. The fourth-order valence-electron chi connectivity index (χ4n) is 1.48. The molecule has 0 spiro atoms. The number of sulfonamides is 1. The third kappa shape index (κ3) is 3.00. The molecule has 2 rings (SSSR count). The zero-order valence-electron chi connectivity index (χ0n) is 10.2. The Balaban J connectivity index is 2.41. The van der Waals surface area contributed by atoms with Crippen molar-refractivity contribution in [1.82, 2.24) is 0 Å². The highest BCUT2D eigenvalue weighted by atomic mass is 79.9. The van der Waals surface area contributed by atoms with Crippen LogP contribution in [0.4, 0.5) is 11.4 Å². The first-order valence-corrected chi connectivity index (χ1v) is 8.42. The maximum atomic E-state index is 12.2. The summed E-state index contributed by atoms with van der Waals surface area (Å²) in [4.78, 5) is 10.2. The van der Waals surface area contributed by atoms with E-state index in [0.29, 0.717) is 3.79 Å². The molecule has 0 saturated carbocycles. The Labute approximate surface area is 127 Å². The molecule has 0 atom stereocenters. The highest BCUT2D eigenvalue weighted by Gasteiger charge is 2.22. The van der Waals surface area contributed by atoms with Gasteiger partial charge in [0, 0.05) is 6.07 Å². The minimum Gasteiger partial charge on any atom is -0.272 e. The first kappa shape index (κ1) is 14.9. The van der Waals surface area contributed by atoms with E-state index in [-0.39, 0.29) is 15.6 Å². The van der Waals surface area contributed by atoms with Crippen molar-refractivity contribution in [2.75, 3.05) is 4.72 Å². The van der Waals surface area contributed by atoms with Crippen molar-refractivity contribution < 1.29 is 13.3 Å². The lowest BCUT2D eigenvalue weighted by Crippen LogP contribution is -2.12. The number of thiophene rings is 1. The van der Waals surface area contributed by atoms with Crippen LogP contribution < -0.4 is 4.72 Å². The molecule has 0 aliphatic carbocycles. The van der Waals surface area contributed by atoms with E-state index in [1.54, 1.807) is 6.92 Å². The Morgan fingerprint density at radius 2 is 2.00 bits per heavy atom. The summed E-state index contributed by atoms with van der Waals surface area (Å²) in [7, 11) is -3.84. The third-order valence-electron chi connectivity index (χ3n) is 2.44. The smallest absolute Gasteiger partial charge is 0.272 e. The van der Waals surface area contributed by atoms with Crippen LogP contribution in [0.3, 0.4) is 0 Å². The van der Waals surface area contributed by atoms with Gasteiger partial charge in [-0.1, -0.05) is 12.1 Å². The number of rotatable bonds is 4. The van der Waals surface area contributed by atoms with E-state index in [2.05, 4.69) is 20.7 Å². The Bertz CT molecular complexity index is 751. The molecular formula is C11H9BrN2O4S2. The first-order valence-electron chi connectivity index (χ1n) is 5.33. The van der Waals surface area contributed by atoms with Gasteiger partial charge in [0.05, 0.1) is 8.71 Å². The van der Waals surface area contributed by atoms with Crippen molar-refractivity contribution in [3.63, 3.8) is 0 Å². The summed E-state index contributed by atoms with van der Waals surface area (Å²) >= 11 is 4.30. The van der Waals surface area contributed by atoms with E-state index in [0.717, 1.165) is 16.9 Å². The number of hydrogen-bond donors (Lipinski definition) is 1. The molecular weight excluding hydrogens is 368 g/mol. The van der Waals surface area contributed by atoms with Crippen LogP contribution in [0.15, 0.2) is 38.3 Å². The summed E-state index contributed by atoms with van der Waals surface area (Å²) < 4.78 is 27.4. The molecule has 0 unspecified atom stereocenters. The van der Waals surface area contributed by atoms with Gasteiger partial charge < -0.3 is 0 Å². The zero-order valence-corrected chi connectivity index (χ0v) is 13.4. The summed E-state index contributed by atoms with van der Waals surface area (Å²) in [5, 5.41) is 10.9. The predicted octanol–water partition coefficient (Wildman–Crippen LogP) is 3.53. The molecule has 1 aromatic carbocycles. The third-order valence-corrected chi connectivity index (χ3v) is 6.42. The Morgan fingerprint density at radius 1 is 1.35 bits per heavy atom. The van der Waals surface area contributed by atoms with E-state index in [1.807, 2.05) is 0 Å². The van der Waals surface area contributed by atoms with E-state index >= 15 is 0 Å². The number of nitro benzene ring substituents is 1. The van der Waals surface area contributed by atoms with Crippen LogP contribution in [0.25, 0.3) is 0 Å². The molecule has 0 saturated heterocycles. The van der Waals surface area contributed by atoms with Crippen molar-refractivity contribution in [2.45, 2.75) is 11.1 Å². The maximum absolute atomic E-state index is 12.2. The van der Waals surface area contributed by atoms with Crippen LogP contribution in [0.1, 0.15) is 5.56 Å². The summed E-state index contributed by atoms with van der Waals surface area (Å²) in [5.41, 5.74) is 0.445. The van der Waals surface area contributed by atoms with Gasteiger partial charge in [-0.2, -0.15) is 0 Å². The fourth-order valence-corrected chi connectivity index (χ4v) is 4.78. The van der Waals surface area contributed by atoms with Crippen molar-refractivity contribution in [3.8, 4) is 0 Å². The van der Waals surface area contributed by atoms with Gasteiger partial charge in [-0.3, -0.25) is 14.8 Å². The molecule has 0 aliphatic heterocycles. The Hall–Kier alpha value is -1.45. The highest BCUT2D eigenvalue weighted by Crippen LogP contribution is 2.33. The summed E-state index contributed by atoms with van der Waals surface area (Å²) in [6, 6.07) is 7.10. The Morgan fingerprint density at radius 3 is 2.55 bits per heavy atom. The van der Waals surface area contributed by atoms with Crippen molar-refractivity contribution in [1.29, 1.82) is 0 Å². The van der Waals surface area contributed by atoms with E-state index in [1.165, 1.54) is 30.3 Å². The maximum Gasteiger partial charge on any atom is 0.293 e. The molecule has 9 heteroatoms. The zero-order chi connectivity index (χ0) is 14.9. The van der Waals surface area contributed by atoms with Crippen LogP contribution in [0.2, 0.25) is 0 Å². The summed E-state index contributed by atoms with van der Waals surface area (Å²) in [5.74, 6) is 0. The van der Waals surface area contributed by atoms with Gasteiger partial charge in [0.25, 0.3) is 15.7 Å². The molecule has 106 valence electrons. The molecule has 0 aliphatic rings. The topological polar surface area (TPSA) is 89.3 Å². The lowest BCUT2D eigenvalue weighted by atomic mass is 10.3. The van der Waals surface area contributed by atoms with Gasteiger partial charge in [-0.25, -0.2) is 8.42 Å². The molecule has 1 aromatic heterocycles. The monoisotopic (exact) mass is 376 g/mol. The summed E-state index contributed by atoms with van der Waals surface area (Å²) in [6.07, 6.45) is 0. The molecule has 20 heavy (non-hydrogen) atoms. The van der Waals surface area contributed by atoms with Crippen LogP contribution in [-0.4, -0.2) is 13.3 Å². The SMILES string of the molecule is Cc1cc(S(=O)(=O)Nc2ccccc2[N+](=O)[O-])sc1Br. The first-order chi connectivity index (χ1) is 9.31. The number of aryl methyl sites for hydroxylation is 1. The van der Waals surface area contributed by atoms with Gasteiger partial charge in [0.2, 0.25) is 0 Å². The minimum absolute atomic E-state index is 0.0559. The highest BCUT2D eigenvalue weighted by molar-refractivity contribution is 9.11. The second kappa shape index (κ2) is 5.51. The van der Waals surface area contributed by atoms with Crippen molar-refractivity contribution in [2.24, 2.45) is 0 Å². The van der Waals surface area contributed by atoms with Gasteiger partial charge >= 0.3 is 0 Å². The number of nitrogens with zero attached hydrogens (tertiary/aromatic N) is 1. The van der Waals surface area contributed by atoms with Crippen LogP contribution >= 0.6 is 27.3 Å². The molecule has 0 bridgehead atoms. The average Bonchev–Trinajstić information content (AvgIpc) is 2.70. The molecule has 1 heterocycles. The van der Waals surface area contributed by atoms with Gasteiger partial charge in [-0.05, 0) is 40.5 Å². The molecule has 0 amide bonds. The largest absolute Gasteiger partial charge is 0.293 e. The van der Waals surface area contributed by atoms with Gasteiger partial charge in [-0.15, -0.1) is 11.3 Å². The molecule has 0 fully saturated rings. The standard InChI is InChI=1S/C11H9BrN2O4S2/c1-7-6-10(19-11(7)12)20(17,18)13-8-4-2-3-5-9(8)14(15)16/h2-6,13H,1H3. The van der Waals surface area contributed by atoms with Crippen LogP contribution in [-0.2, 0) is 10.0 Å². The van der Waals surface area contributed by atoms with E-state index < -0.39 is 14.9 Å². The number of nitrogens with one attached hydrogen (secondary N) is 1. The molecule has 2 aromatic rings. The molecule has 6 nitrogen and oxygen atoms in total. The number of benzene rings is 1. The lowest BCUT2D eigenvalue weighted by molar-refractivity contribution is -0.383. The number of hydrogen-bond acceptors (Lipinski definition) is 5. The van der Waals surface area contributed by atoms with Crippen LogP contribution in [0.5, 0.6) is 0 Å². The van der Waals surface area contributed by atoms with E-state index in [9.17, 15) is 18.5 Å². The average molecular weight is 377 g/mol. The van der Waals surface area contributed by atoms with Gasteiger partial charge in [0.1, 0.15) is 9.90 Å².